The quantitative estimate of drug-likeness (QED) is 0.882. The van der Waals surface area contributed by atoms with Crippen LogP contribution < -0.4 is 9.80 Å². The average molecular weight is 264 g/mol. The molecule has 1 unspecified atom stereocenters. The van der Waals surface area contributed by atoms with E-state index < -0.39 is 5.97 Å². The van der Waals surface area contributed by atoms with Gasteiger partial charge in [-0.25, -0.2) is 9.97 Å². The van der Waals surface area contributed by atoms with Crippen molar-refractivity contribution < 1.29 is 9.90 Å². The first kappa shape index (κ1) is 13.6. The second-order valence-corrected chi connectivity index (χ2v) is 5.18. The molecule has 104 valence electrons. The maximum Gasteiger partial charge on any atom is 0.303 e. The van der Waals surface area contributed by atoms with Crippen LogP contribution in [0.2, 0.25) is 0 Å². The van der Waals surface area contributed by atoms with E-state index in [2.05, 4.69) is 14.9 Å². The predicted octanol–water partition coefficient (Wildman–Crippen LogP) is 1.23. The number of anilines is 2. The van der Waals surface area contributed by atoms with Gasteiger partial charge in [-0.3, -0.25) is 4.79 Å². The van der Waals surface area contributed by atoms with Crippen molar-refractivity contribution in [3.63, 3.8) is 0 Å². The second-order valence-electron chi connectivity index (χ2n) is 5.18. The predicted molar refractivity (Wildman–Crippen MR) is 73.5 cm³/mol. The van der Waals surface area contributed by atoms with E-state index in [1.165, 1.54) is 0 Å². The molecule has 6 nitrogen and oxygen atoms in total. The van der Waals surface area contributed by atoms with Crippen molar-refractivity contribution in [2.24, 2.45) is 5.92 Å². The summed E-state index contributed by atoms with van der Waals surface area (Å²) < 4.78 is 0. The van der Waals surface area contributed by atoms with Gasteiger partial charge in [0.1, 0.15) is 18.0 Å². The van der Waals surface area contributed by atoms with Crippen molar-refractivity contribution in [1.82, 2.24) is 9.97 Å². The van der Waals surface area contributed by atoms with Gasteiger partial charge in [-0.15, -0.1) is 0 Å². The summed E-state index contributed by atoms with van der Waals surface area (Å²) in [6.45, 7) is 1.69. The zero-order valence-electron chi connectivity index (χ0n) is 11.4. The minimum Gasteiger partial charge on any atom is -0.481 e. The van der Waals surface area contributed by atoms with Crippen molar-refractivity contribution in [3.05, 3.63) is 12.4 Å². The molecule has 1 fully saturated rings. The number of piperidine rings is 1. The molecule has 1 aliphatic heterocycles. The van der Waals surface area contributed by atoms with Gasteiger partial charge >= 0.3 is 5.97 Å². The Bertz CT molecular complexity index is 450. The molecule has 1 atom stereocenters. The summed E-state index contributed by atoms with van der Waals surface area (Å²) in [6.07, 6.45) is 3.79. The van der Waals surface area contributed by atoms with Gasteiger partial charge < -0.3 is 14.9 Å². The lowest BCUT2D eigenvalue weighted by atomic mass is 9.95. The summed E-state index contributed by atoms with van der Waals surface area (Å²) in [7, 11) is 3.88. The highest BCUT2D eigenvalue weighted by atomic mass is 16.4. The van der Waals surface area contributed by atoms with E-state index in [0.29, 0.717) is 0 Å². The van der Waals surface area contributed by atoms with E-state index in [4.69, 9.17) is 5.11 Å². The fourth-order valence-corrected chi connectivity index (χ4v) is 2.44. The van der Waals surface area contributed by atoms with Gasteiger partial charge in [0, 0.05) is 39.7 Å². The zero-order chi connectivity index (χ0) is 13.8. The third-order valence-electron chi connectivity index (χ3n) is 3.40. The molecule has 1 aliphatic rings. The Morgan fingerprint density at radius 2 is 2.32 bits per heavy atom. The Morgan fingerprint density at radius 3 is 3.00 bits per heavy atom. The Balaban J connectivity index is 2.08. The van der Waals surface area contributed by atoms with Gasteiger partial charge in [-0.05, 0) is 18.8 Å². The van der Waals surface area contributed by atoms with Gasteiger partial charge in [-0.1, -0.05) is 0 Å². The SMILES string of the molecule is CN(C)c1cc(N2CCCC(CC(=O)O)C2)ncn1. The van der Waals surface area contributed by atoms with Crippen molar-refractivity contribution in [3.8, 4) is 0 Å². The first-order valence-electron chi connectivity index (χ1n) is 6.52. The van der Waals surface area contributed by atoms with Crippen LogP contribution in [0.4, 0.5) is 11.6 Å². The number of hydrogen-bond acceptors (Lipinski definition) is 5. The standard InChI is InChI=1S/C13H20N4O2/c1-16(2)11-7-12(15-9-14-11)17-5-3-4-10(8-17)6-13(18)19/h7,9-10H,3-6,8H2,1-2H3,(H,18,19). The molecule has 19 heavy (non-hydrogen) atoms. The molecule has 6 heteroatoms. The van der Waals surface area contributed by atoms with E-state index >= 15 is 0 Å². The molecular formula is C13H20N4O2. The molecule has 1 aromatic heterocycles. The van der Waals surface area contributed by atoms with Crippen molar-refractivity contribution >= 4 is 17.6 Å². The number of nitrogens with zero attached hydrogens (tertiary/aromatic N) is 4. The van der Waals surface area contributed by atoms with Gasteiger partial charge in [0.25, 0.3) is 0 Å². The van der Waals surface area contributed by atoms with Crippen LogP contribution in [0.15, 0.2) is 12.4 Å². The number of aromatic nitrogens is 2. The van der Waals surface area contributed by atoms with Crippen LogP contribution in [0, 0.1) is 5.92 Å². The van der Waals surface area contributed by atoms with Crippen molar-refractivity contribution in [2.75, 3.05) is 37.0 Å². The fraction of sp³-hybridized carbons (Fsp3) is 0.615. The van der Waals surface area contributed by atoms with Crippen LogP contribution in [0.1, 0.15) is 19.3 Å². The number of carboxylic acids is 1. The Morgan fingerprint density at radius 1 is 1.53 bits per heavy atom. The normalized spacial score (nSPS) is 19.3. The molecule has 0 radical (unpaired) electrons. The number of carboxylic acid groups (broad SMARTS) is 1. The Kier molecular flexibility index (Phi) is 4.19. The fourth-order valence-electron chi connectivity index (χ4n) is 2.44. The van der Waals surface area contributed by atoms with Crippen molar-refractivity contribution in [2.45, 2.75) is 19.3 Å². The van der Waals surface area contributed by atoms with Gasteiger partial charge in [0.2, 0.25) is 0 Å². The third kappa shape index (κ3) is 3.56. The molecule has 0 saturated carbocycles. The number of carbonyl (C=O) groups is 1. The molecule has 2 heterocycles. The van der Waals surface area contributed by atoms with Crippen LogP contribution in [0.25, 0.3) is 0 Å². The van der Waals surface area contributed by atoms with Crippen LogP contribution in [-0.4, -0.2) is 48.2 Å². The van der Waals surface area contributed by atoms with Crippen LogP contribution in [-0.2, 0) is 4.79 Å². The molecule has 2 rings (SSSR count). The smallest absolute Gasteiger partial charge is 0.303 e. The summed E-state index contributed by atoms with van der Waals surface area (Å²) in [6, 6.07) is 1.95. The highest BCUT2D eigenvalue weighted by molar-refractivity contribution is 5.67. The summed E-state index contributed by atoms with van der Waals surface area (Å²) in [4.78, 5) is 23.4. The lowest BCUT2D eigenvalue weighted by Gasteiger charge is -2.33. The minimum atomic E-state index is -0.719. The summed E-state index contributed by atoms with van der Waals surface area (Å²) >= 11 is 0. The maximum atomic E-state index is 10.8. The lowest BCUT2D eigenvalue weighted by molar-refractivity contribution is -0.138. The molecular weight excluding hydrogens is 244 g/mol. The number of aliphatic carboxylic acids is 1. The third-order valence-corrected chi connectivity index (χ3v) is 3.40. The molecule has 0 aliphatic carbocycles. The summed E-state index contributed by atoms with van der Waals surface area (Å²) in [5, 5.41) is 8.89. The van der Waals surface area contributed by atoms with Crippen LogP contribution in [0.5, 0.6) is 0 Å². The molecule has 1 aromatic rings. The molecule has 1 saturated heterocycles. The van der Waals surface area contributed by atoms with Gasteiger partial charge in [0.15, 0.2) is 0 Å². The number of hydrogen-bond donors (Lipinski definition) is 1. The Labute approximate surface area is 113 Å². The first-order valence-corrected chi connectivity index (χ1v) is 6.52. The first-order chi connectivity index (χ1) is 9.06. The van der Waals surface area contributed by atoms with Gasteiger partial charge in [0.05, 0.1) is 0 Å². The van der Waals surface area contributed by atoms with Gasteiger partial charge in [-0.2, -0.15) is 0 Å². The molecule has 0 aromatic carbocycles. The molecule has 0 amide bonds. The van der Waals surface area contributed by atoms with E-state index in [1.54, 1.807) is 6.33 Å². The van der Waals surface area contributed by atoms with Crippen LogP contribution in [0.3, 0.4) is 0 Å². The van der Waals surface area contributed by atoms with Crippen molar-refractivity contribution in [1.29, 1.82) is 0 Å². The van der Waals surface area contributed by atoms with E-state index in [1.807, 2.05) is 25.1 Å². The lowest BCUT2D eigenvalue weighted by Crippen LogP contribution is -2.36. The Hall–Kier alpha value is -1.85. The second kappa shape index (κ2) is 5.86. The number of rotatable bonds is 4. The molecule has 0 spiro atoms. The van der Waals surface area contributed by atoms with E-state index in [9.17, 15) is 4.79 Å². The highest BCUT2D eigenvalue weighted by Crippen LogP contribution is 2.24. The van der Waals surface area contributed by atoms with E-state index in [-0.39, 0.29) is 12.3 Å². The monoisotopic (exact) mass is 264 g/mol. The topological polar surface area (TPSA) is 69.6 Å². The van der Waals surface area contributed by atoms with Crippen LogP contribution >= 0.6 is 0 Å². The molecule has 0 bridgehead atoms. The summed E-state index contributed by atoms with van der Waals surface area (Å²) in [5.41, 5.74) is 0. The maximum absolute atomic E-state index is 10.8. The van der Waals surface area contributed by atoms with E-state index in [0.717, 1.165) is 37.6 Å². The summed E-state index contributed by atoms with van der Waals surface area (Å²) in [5.74, 6) is 1.24. The minimum absolute atomic E-state index is 0.212. The highest BCUT2D eigenvalue weighted by Gasteiger charge is 2.23. The largest absolute Gasteiger partial charge is 0.481 e. The average Bonchev–Trinajstić information content (AvgIpc) is 2.38. The molecule has 1 N–H and O–H groups in total. The zero-order valence-corrected chi connectivity index (χ0v) is 11.4.